The molecular weight excluding hydrogens is 1860 g/mol. The van der Waals surface area contributed by atoms with Crippen molar-refractivity contribution in [2.75, 3.05) is 158 Å². The lowest BCUT2D eigenvalue weighted by molar-refractivity contribution is -0.157. The highest BCUT2D eigenvalue weighted by molar-refractivity contribution is 6.37. The number of carbonyl (C=O) groups excluding carboxylic acids is 6. The van der Waals surface area contributed by atoms with E-state index in [0.717, 1.165) is 149 Å². The van der Waals surface area contributed by atoms with Gasteiger partial charge in [0.2, 0.25) is 35.4 Å². The number of aliphatic hydroxyl groups is 2. The maximum atomic E-state index is 15.3. The zero-order valence-corrected chi connectivity index (χ0v) is 84.9. The van der Waals surface area contributed by atoms with Crippen molar-refractivity contribution >= 4 is 87.1 Å². The Hall–Kier alpha value is -12.2. The number of amides is 4. The molecule has 2 unspecified atom stereocenters. The van der Waals surface area contributed by atoms with Gasteiger partial charge in [-0.25, -0.2) is 39.7 Å². The highest BCUT2D eigenvalue weighted by Gasteiger charge is 2.40. The number of ether oxygens (including phenoxy) is 5. The smallest absolute Gasteiger partial charge is 0.418 e. The van der Waals surface area contributed by atoms with Gasteiger partial charge in [0.05, 0.1) is 102 Å². The third kappa shape index (κ3) is 28.6. The summed E-state index contributed by atoms with van der Waals surface area (Å²) < 4.78 is 77.5. The van der Waals surface area contributed by atoms with Gasteiger partial charge in [0.1, 0.15) is 12.2 Å². The molecule has 145 heavy (non-hydrogen) atoms. The molecule has 780 valence electrons. The number of pyridine rings is 2. The van der Waals surface area contributed by atoms with Crippen LogP contribution in [0.3, 0.4) is 0 Å². The number of piperazine rings is 3. The quantitative estimate of drug-likeness (QED) is 0.00607. The molecule has 15 rings (SSSR count). The van der Waals surface area contributed by atoms with Crippen LogP contribution >= 0.6 is 0 Å². The molecule has 5 saturated heterocycles. The number of imidazole rings is 1. The summed E-state index contributed by atoms with van der Waals surface area (Å²) in [5.41, 5.74) is 6.74. The van der Waals surface area contributed by atoms with Gasteiger partial charge in [-0.2, -0.15) is 13.2 Å². The summed E-state index contributed by atoms with van der Waals surface area (Å²) in [5, 5.41) is 29.8. The number of likely N-dealkylation sites (tertiary alicyclic amines) is 1. The second-order valence-corrected chi connectivity index (χ2v) is 39.9. The van der Waals surface area contributed by atoms with E-state index in [1.165, 1.54) is 22.3 Å². The molecule has 0 bridgehead atoms. The second kappa shape index (κ2) is 51.2. The standard InChI is InChI=1S/C107H141F3N20O15/c1-71(16-11-9-12-17-73(3)95(140-7)58-85-18-15-19-94(145-85)100(136)102(138)125-36-13-10-14-37-125)54-74(4)90(59-93(133)75(5)55-72(2)20-29-84(143-70-131)30-23-76-21-27-83(132)28-22-76)120-144-69-96(134)112-60-77-61-114-103(115-62-77)127-49-45-124(46-50-127)98(135)35-52-142-53-51-122-39-41-126(42-40-122)104-116-64-80(65-117-104)101(137)129-38-34-88-81(68-129)66-118-105(119-88)128-47-43-123(44-48-128)91-32-26-82(57-87(91)107(108,109)110)130-99-86-56-78(79-25-33-97(141-8)113-63-79)24-31-89(86)111-67-92(99)121(6)106(130)139/h9,12,17,24-26,31-33,55-57,61-67,70-72,74,76,83-85,93-95,132-133H,10-11,13-16,18-23,27-30,34-54,58-60,68-69H2,1-8H3,(H,112,134)/b12-9+,73-17+,75-55+,120-90-/t71-,72+,74-,76-,83-,84+,85?,93+,94?,95+/m1/s1. The monoisotopic (exact) mass is 2000 g/mol. The average molecular weight is 2000 g/mol. The number of alkyl halides is 3. The molecule has 1 aliphatic carbocycles. The number of anilines is 4. The lowest BCUT2D eigenvalue weighted by Crippen LogP contribution is -2.49. The van der Waals surface area contributed by atoms with Gasteiger partial charge in [-0.15, -0.1) is 0 Å². The second-order valence-electron chi connectivity index (χ2n) is 39.9. The predicted octanol–water partition coefficient (Wildman–Crippen LogP) is 12.6. The first-order chi connectivity index (χ1) is 70.1. The Morgan fingerprint density at radius 1 is 0.697 bits per heavy atom. The number of carbonyl (C=O) groups is 6. The molecular formula is C107H141F3N20O15. The van der Waals surface area contributed by atoms with Crippen molar-refractivity contribution in [3.05, 3.63) is 166 Å². The molecule has 3 N–H and O–H groups in total. The van der Waals surface area contributed by atoms with Crippen LogP contribution in [0.2, 0.25) is 0 Å². The molecule has 6 aliphatic heterocycles. The number of methoxy groups -OCH3 is 2. The van der Waals surface area contributed by atoms with Crippen LogP contribution in [0, 0.1) is 23.7 Å². The number of hydrogen-bond acceptors (Lipinski definition) is 29. The number of allylic oxidation sites excluding steroid dienone is 4. The predicted molar refractivity (Wildman–Crippen MR) is 545 cm³/mol. The van der Waals surface area contributed by atoms with Crippen molar-refractivity contribution in [2.24, 2.45) is 35.9 Å². The number of halogens is 3. The Kier molecular flexibility index (Phi) is 37.8. The van der Waals surface area contributed by atoms with Gasteiger partial charge < -0.3 is 78.4 Å². The number of piperidine rings is 1. The number of aryl methyl sites for hydroxylation is 1. The molecule has 8 aromatic rings. The molecule has 2 aromatic carbocycles. The first-order valence-electron chi connectivity index (χ1n) is 51.6. The molecule has 6 fully saturated rings. The molecule has 0 radical (unpaired) electrons. The summed E-state index contributed by atoms with van der Waals surface area (Å²) in [6.07, 6.45) is 28.3. The number of rotatable bonds is 44. The minimum atomic E-state index is -4.76. The van der Waals surface area contributed by atoms with Crippen LogP contribution in [0.5, 0.6) is 5.88 Å². The Morgan fingerprint density at radius 2 is 1.40 bits per heavy atom. The number of aliphatic hydroxyl groups excluding tert-OH is 2. The van der Waals surface area contributed by atoms with Crippen LogP contribution in [0.4, 0.5) is 36.7 Å². The number of nitrogens with one attached hydrogen (secondary N) is 1. The van der Waals surface area contributed by atoms with E-state index in [0.29, 0.717) is 192 Å². The molecule has 7 aliphatic rings. The van der Waals surface area contributed by atoms with Crippen LogP contribution < -0.4 is 35.3 Å². The summed E-state index contributed by atoms with van der Waals surface area (Å²) in [5.74, 6) is 1.24. The Bertz CT molecular complexity index is 5890. The molecule has 8 atom stereocenters. The van der Waals surface area contributed by atoms with E-state index in [1.807, 2.05) is 52.8 Å². The van der Waals surface area contributed by atoms with E-state index in [-0.39, 0.29) is 111 Å². The topological polar surface area (TPSA) is 379 Å². The largest absolute Gasteiger partial charge is 0.481 e. The molecule has 35 nitrogen and oxygen atoms in total. The summed E-state index contributed by atoms with van der Waals surface area (Å²) in [7, 11) is 4.78. The van der Waals surface area contributed by atoms with Gasteiger partial charge in [0.25, 0.3) is 24.2 Å². The number of ketones is 1. The Labute approximate surface area is 845 Å². The van der Waals surface area contributed by atoms with E-state index in [9.17, 15) is 43.8 Å². The number of Topliss-reactive ketones (excluding diaryl/α,β-unsaturated/α-hetero) is 1. The molecule has 12 heterocycles. The van der Waals surface area contributed by atoms with Crippen molar-refractivity contribution in [3.8, 4) is 22.7 Å². The molecule has 38 heteroatoms. The number of nitrogens with zero attached hydrogens (tertiary/aromatic N) is 19. The summed E-state index contributed by atoms with van der Waals surface area (Å²) in [4.78, 5) is 151. The fraction of sp³-hybridized carbons (Fsp3) is 0.570. The average Bonchev–Trinajstić information content (AvgIpc) is 1.58. The molecule has 1 saturated carbocycles. The molecule has 4 amide bonds. The van der Waals surface area contributed by atoms with Gasteiger partial charge in [-0.05, 0) is 200 Å². The molecule has 6 aromatic heterocycles. The van der Waals surface area contributed by atoms with Gasteiger partial charge in [-0.3, -0.25) is 47.8 Å². The van der Waals surface area contributed by atoms with E-state index in [2.05, 4.69) is 95.3 Å². The van der Waals surface area contributed by atoms with Crippen LogP contribution in [0.15, 0.2) is 137 Å². The van der Waals surface area contributed by atoms with Crippen molar-refractivity contribution in [2.45, 2.75) is 225 Å². The Balaban J connectivity index is 0.453. The highest BCUT2D eigenvalue weighted by atomic mass is 19.4. The fourth-order valence-corrected chi connectivity index (χ4v) is 20.8. The van der Waals surface area contributed by atoms with E-state index in [1.54, 1.807) is 84.4 Å². The summed E-state index contributed by atoms with van der Waals surface area (Å²) >= 11 is 0. The van der Waals surface area contributed by atoms with Crippen LogP contribution in [-0.4, -0.2) is 296 Å². The van der Waals surface area contributed by atoms with E-state index >= 15 is 13.2 Å². The molecule has 0 spiro atoms. The minimum Gasteiger partial charge on any atom is -0.481 e. The highest BCUT2D eigenvalue weighted by Crippen LogP contribution is 2.41. The zero-order valence-electron chi connectivity index (χ0n) is 84.9. The lowest BCUT2D eigenvalue weighted by Gasteiger charge is -2.37. The number of benzene rings is 2. The maximum absolute atomic E-state index is 15.3. The number of oxime groups is 1. The first kappa shape index (κ1) is 107. The summed E-state index contributed by atoms with van der Waals surface area (Å²) in [6.45, 7) is 20.1. The van der Waals surface area contributed by atoms with Crippen LogP contribution in [-0.2, 0) is 80.5 Å². The zero-order chi connectivity index (χ0) is 102. The third-order valence-electron chi connectivity index (χ3n) is 29.6. The van der Waals surface area contributed by atoms with Gasteiger partial charge >= 0.3 is 11.9 Å². The van der Waals surface area contributed by atoms with Gasteiger partial charge in [0.15, 0.2) is 6.61 Å². The minimum absolute atomic E-state index is 0.000290. The van der Waals surface area contributed by atoms with Crippen molar-refractivity contribution in [3.63, 3.8) is 0 Å². The van der Waals surface area contributed by atoms with Crippen LogP contribution in [0.1, 0.15) is 196 Å². The van der Waals surface area contributed by atoms with E-state index in [4.69, 9.17) is 38.5 Å². The van der Waals surface area contributed by atoms with Gasteiger partial charge in [-0.1, -0.05) is 56.3 Å². The maximum Gasteiger partial charge on any atom is 0.418 e. The third-order valence-corrected chi connectivity index (χ3v) is 29.6. The van der Waals surface area contributed by atoms with Crippen LogP contribution in [0.25, 0.3) is 38.8 Å². The van der Waals surface area contributed by atoms with Crippen molar-refractivity contribution in [1.29, 1.82) is 0 Å². The van der Waals surface area contributed by atoms with Crippen molar-refractivity contribution in [1.82, 2.24) is 73.9 Å². The normalized spacial score (nSPS) is 20.0. The van der Waals surface area contributed by atoms with Crippen molar-refractivity contribution < 1.29 is 80.7 Å². The SMILES string of the molecule is COc1ccc(-c2ccc3ncc4c(c3c2)n(-c2ccc(N3CCN(c5ncc6c(n5)CCN(C(=O)c5cnc(N7CCN(CCOCCC(=O)N8CCN(c9ncc(CNC(=O)CO/N=C(/C[C@H](O)/C(C)=C/[C@@H](C)CC[C@@H](CC[C@H]%10CC[C@H](O)CC%10)OC=O)[C@H](C)C[C@H](C)CC/C=C/C=C(\C)[C@H](CC%10CCCC(C(=O)C(=O)N%11CCCCC%11)O%10)OC)cn9)CC8)CC7)nc5)C6)CC3)c(C(F)(F)F)c2)c(=O)n4C)cn1. The number of hydrogen-bond donors (Lipinski definition) is 3. The lowest BCUT2D eigenvalue weighted by atomic mass is 9.83. The van der Waals surface area contributed by atoms with E-state index < -0.39 is 47.2 Å². The Morgan fingerprint density at radius 3 is 2.11 bits per heavy atom. The number of fused-ring (bicyclic) bond motifs is 4. The first-order valence-corrected chi connectivity index (χ1v) is 51.6. The van der Waals surface area contributed by atoms with Gasteiger partial charge in [0, 0.05) is 222 Å². The fourth-order valence-electron chi connectivity index (χ4n) is 20.8. The summed E-state index contributed by atoms with van der Waals surface area (Å²) in [6, 6.07) is 13.2. The number of aromatic nitrogens is 10.